The van der Waals surface area contributed by atoms with Gasteiger partial charge in [0.2, 0.25) is 11.8 Å². The third kappa shape index (κ3) is 5.88. The van der Waals surface area contributed by atoms with Crippen LogP contribution in [-0.2, 0) is 19.2 Å². The smallest absolute Gasteiger partial charge is 0.543 e. The van der Waals surface area contributed by atoms with Crippen molar-refractivity contribution in [2.24, 2.45) is 0 Å². The minimum atomic E-state index is -1.50. The van der Waals surface area contributed by atoms with Crippen LogP contribution in [0.3, 0.4) is 0 Å². The number of phenols is 2. The molecule has 1 aromatic carbocycles. The summed E-state index contributed by atoms with van der Waals surface area (Å²) in [5.41, 5.74) is 1.73. The molecule has 232 valence electrons. The van der Waals surface area contributed by atoms with Gasteiger partial charge in [-0.15, -0.1) is 16.9 Å². The molecule has 1 saturated carbocycles. The van der Waals surface area contributed by atoms with E-state index in [1.54, 1.807) is 25.1 Å². The molecule has 5 heterocycles. The third-order valence-electron chi connectivity index (χ3n) is 7.99. The normalized spacial score (nSPS) is 21.8. The number of hydrogen-bond donors (Lipinski definition) is 3. The van der Waals surface area contributed by atoms with Gasteiger partial charge in [0.25, 0.3) is 11.7 Å². The number of hydrogen-bond acceptors (Lipinski definition) is 12. The maximum absolute atomic E-state index is 13.1. The van der Waals surface area contributed by atoms with E-state index in [0.29, 0.717) is 40.4 Å². The molecule has 14 nitrogen and oxygen atoms in total. The first-order valence-electron chi connectivity index (χ1n) is 14.2. The van der Waals surface area contributed by atoms with Crippen LogP contribution >= 0.6 is 23.5 Å². The van der Waals surface area contributed by atoms with Gasteiger partial charge in [0.05, 0.1) is 17.4 Å². The molecule has 3 aromatic rings. The first-order chi connectivity index (χ1) is 21.6. The van der Waals surface area contributed by atoms with E-state index in [1.807, 2.05) is 4.90 Å². The summed E-state index contributed by atoms with van der Waals surface area (Å²) >= 11 is 2.48. The second kappa shape index (κ2) is 12.6. The maximum atomic E-state index is 13.1. The number of fused-ring (bicyclic) bond motifs is 2. The molecule has 7 rings (SSSR count). The topological polar surface area (TPSA) is 193 Å². The summed E-state index contributed by atoms with van der Waals surface area (Å²) in [5, 5.41) is 38.8. The molecule has 3 N–H and O–H groups in total. The van der Waals surface area contributed by atoms with Crippen LogP contribution in [0.5, 0.6) is 11.5 Å². The Morgan fingerprint density at radius 2 is 1.96 bits per heavy atom. The summed E-state index contributed by atoms with van der Waals surface area (Å²) < 4.78 is 1.46. The number of nitrogens with one attached hydrogen (secondary N) is 1. The van der Waals surface area contributed by atoms with Crippen LogP contribution in [0.2, 0.25) is 0 Å². The fraction of sp³-hybridized carbons (Fsp3) is 0.345. The van der Waals surface area contributed by atoms with Crippen LogP contribution in [0, 0.1) is 6.92 Å². The zero-order chi connectivity index (χ0) is 31.6. The number of carboxylic acids is 1. The number of aromatic nitrogens is 4. The Hall–Kier alpha value is -3.57. The molecule has 1 aliphatic carbocycles. The summed E-state index contributed by atoms with van der Waals surface area (Å²) in [7, 11) is 0. The number of thioether (sulfide) groups is 2. The Morgan fingerprint density at radius 1 is 1.17 bits per heavy atom. The average molecular weight is 672 g/mol. The standard InChI is InChI=1S/C29H27N7O7S2.Na/c1-13-8-21(36-29(30-13)32-24(33-36)14-2-5-18(37)19(38)10-14)44-12-20(39)31-22-26(41)35-23(28(42)43)16(11-45-27(22)35)9-15-6-7-34(25(15)40)17-3-4-17;/h2,5,8-10,17,22,27,37-38H,3-4,6-7,11-12H2,1H3,(H,31,39)(H,42,43);/q;+1/p-1/b15-9+;/t22-,27-;/m1./s1. The molecule has 3 aliphatic heterocycles. The largest absolute Gasteiger partial charge is 1.00 e. The van der Waals surface area contributed by atoms with Gasteiger partial charge in [-0.1, -0.05) is 11.8 Å². The van der Waals surface area contributed by atoms with Crippen molar-refractivity contribution in [2.45, 2.75) is 48.7 Å². The minimum absolute atomic E-state index is 0. The number of β-lactam (4-membered cyclic amide) rings is 1. The van der Waals surface area contributed by atoms with E-state index in [9.17, 15) is 34.5 Å². The number of allylic oxidation sites excluding steroid dienone is 1. The summed E-state index contributed by atoms with van der Waals surface area (Å²) in [6.07, 6.45) is 4.08. The predicted octanol–water partition coefficient (Wildman–Crippen LogP) is -2.67. The number of aromatic hydroxyl groups is 2. The molecular formula is C29H26N7NaO7S2. The summed E-state index contributed by atoms with van der Waals surface area (Å²) in [6, 6.07) is 5.30. The van der Waals surface area contributed by atoms with Gasteiger partial charge >= 0.3 is 29.6 Å². The van der Waals surface area contributed by atoms with Gasteiger partial charge < -0.3 is 30.3 Å². The SMILES string of the molecule is Cc1cc(SCC(=O)N[C@@H]2C(=O)N3C(C(=O)[O-])=C(/C=C4\CCN(C5CC5)C4=O)CS[C@H]23)n2nc(-c3ccc(O)c(O)c3)nc2n1.[Na+]. The number of benzene rings is 1. The molecule has 2 aromatic heterocycles. The molecule has 4 aliphatic rings. The Labute approximate surface area is 292 Å². The van der Waals surface area contributed by atoms with Gasteiger partial charge in [-0.05, 0) is 62.1 Å². The van der Waals surface area contributed by atoms with Crippen molar-refractivity contribution in [3.05, 3.63) is 52.9 Å². The molecular weight excluding hydrogens is 645 g/mol. The van der Waals surface area contributed by atoms with Gasteiger partial charge in [0.1, 0.15) is 16.4 Å². The number of carboxylic acid groups (broad SMARTS) is 1. The van der Waals surface area contributed by atoms with Gasteiger partial charge in [-0.3, -0.25) is 19.3 Å². The third-order valence-corrected chi connectivity index (χ3v) is 10.3. The van der Waals surface area contributed by atoms with Gasteiger partial charge in [0, 0.05) is 35.2 Å². The molecule has 3 amide bonds. The Kier molecular flexibility index (Phi) is 8.84. The van der Waals surface area contributed by atoms with Gasteiger partial charge in [0.15, 0.2) is 17.3 Å². The van der Waals surface area contributed by atoms with Crippen molar-refractivity contribution in [3.63, 3.8) is 0 Å². The van der Waals surface area contributed by atoms with Crippen LogP contribution < -0.4 is 40.0 Å². The van der Waals surface area contributed by atoms with Crippen LogP contribution in [0.1, 0.15) is 25.0 Å². The number of aryl methyl sites for hydroxylation is 1. The monoisotopic (exact) mass is 671 g/mol. The number of aliphatic carboxylic acids is 1. The van der Waals surface area contributed by atoms with Crippen molar-refractivity contribution in [1.82, 2.24) is 34.7 Å². The number of rotatable bonds is 8. The second-order valence-electron chi connectivity index (χ2n) is 11.1. The Balaban J connectivity index is 0.00000372. The number of carbonyl (C=O) groups excluding carboxylic acids is 4. The van der Waals surface area contributed by atoms with E-state index >= 15 is 0 Å². The molecule has 0 radical (unpaired) electrons. The second-order valence-corrected chi connectivity index (χ2v) is 13.2. The summed E-state index contributed by atoms with van der Waals surface area (Å²) in [5.74, 6) is -2.47. The minimum Gasteiger partial charge on any atom is -0.543 e. The molecule has 2 atom stereocenters. The quantitative estimate of drug-likeness (QED) is 0.0563. The van der Waals surface area contributed by atoms with Crippen LogP contribution in [0.25, 0.3) is 17.2 Å². The molecule has 0 spiro atoms. The molecule has 3 fully saturated rings. The number of likely N-dealkylation sites (tertiary alicyclic amines) is 1. The van der Waals surface area contributed by atoms with E-state index in [2.05, 4.69) is 20.4 Å². The summed E-state index contributed by atoms with van der Waals surface area (Å²) in [4.78, 5) is 62.8. The number of carbonyl (C=O) groups is 4. The van der Waals surface area contributed by atoms with Crippen molar-refractivity contribution in [1.29, 1.82) is 0 Å². The van der Waals surface area contributed by atoms with Gasteiger partial charge in [-0.2, -0.15) is 9.50 Å². The van der Waals surface area contributed by atoms with Crippen molar-refractivity contribution in [2.75, 3.05) is 18.1 Å². The van der Waals surface area contributed by atoms with Crippen molar-refractivity contribution < 1.29 is 64.1 Å². The van der Waals surface area contributed by atoms with E-state index in [1.165, 1.54) is 28.4 Å². The molecule has 0 unspecified atom stereocenters. The zero-order valence-corrected chi connectivity index (χ0v) is 28.4. The van der Waals surface area contributed by atoms with Crippen LogP contribution in [0.4, 0.5) is 0 Å². The number of nitrogens with zero attached hydrogens (tertiary/aromatic N) is 6. The fourth-order valence-electron chi connectivity index (χ4n) is 5.65. The van der Waals surface area contributed by atoms with Gasteiger partial charge in [-0.25, -0.2) is 4.98 Å². The predicted molar refractivity (Wildman–Crippen MR) is 159 cm³/mol. The Bertz CT molecular complexity index is 1880. The van der Waals surface area contributed by atoms with E-state index in [0.717, 1.165) is 29.5 Å². The first-order valence-corrected chi connectivity index (χ1v) is 16.2. The van der Waals surface area contributed by atoms with Crippen molar-refractivity contribution in [3.8, 4) is 22.9 Å². The Morgan fingerprint density at radius 3 is 2.67 bits per heavy atom. The molecule has 17 heteroatoms. The fourth-order valence-corrected chi connectivity index (χ4v) is 7.82. The van der Waals surface area contributed by atoms with Crippen LogP contribution in [-0.4, -0.2) is 98.8 Å². The molecule has 46 heavy (non-hydrogen) atoms. The number of amides is 3. The van der Waals surface area contributed by atoms with Crippen LogP contribution in [0.15, 0.2) is 52.2 Å². The number of phenolic OH excluding ortho intramolecular Hbond substituents is 2. The molecule has 2 saturated heterocycles. The summed E-state index contributed by atoms with van der Waals surface area (Å²) in [6.45, 7) is 2.38. The van der Waals surface area contributed by atoms with E-state index < -0.39 is 29.2 Å². The molecule has 0 bridgehead atoms. The average Bonchev–Trinajstić information content (AvgIpc) is 3.66. The first kappa shape index (κ1) is 32.4. The van der Waals surface area contributed by atoms with E-state index in [4.69, 9.17) is 0 Å². The zero-order valence-electron chi connectivity index (χ0n) is 24.8. The van der Waals surface area contributed by atoms with Crippen molar-refractivity contribution >= 4 is 53.0 Å². The van der Waals surface area contributed by atoms with E-state index in [-0.39, 0.29) is 81.8 Å². The maximum Gasteiger partial charge on any atom is 1.00 e.